The van der Waals surface area contributed by atoms with E-state index in [2.05, 4.69) is 20.0 Å². The lowest BCUT2D eigenvalue weighted by Crippen LogP contribution is -2.46. The maximum Gasteiger partial charge on any atom is 0.459 e. The summed E-state index contributed by atoms with van der Waals surface area (Å²) in [5, 5.41) is 14.0. The number of hydrogen-bond donors (Lipinski definition) is 3. The Balaban J connectivity index is 1.39. The average molecular weight is 563 g/mol. The van der Waals surface area contributed by atoms with E-state index >= 15 is 0 Å². The second-order valence-corrected chi connectivity index (χ2v) is 11.7. The number of fused-ring (bicyclic) bond motifs is 3. The number of carbonyl (C=O) groups is 1. The van der Waals surface area contributed by atoms with Gasteiger partial charge in [-0.05, 0) is 39.8 Å². The number of aromatic nitrogens is 4. The van der Waals surface area contributed by atoms with Crippen LogP contribution >= 0.6 is 7.75 Å². The minimum atomic E-state index is -4.21. The molecule has 15 heteroatoms. The summed E-state index contributed by atoms with van der Waals surface area (Å²) in [4.78, 5) is 24.9. The Morgan fingerprint density at radius 1 is 1.28 bits per heavy atom. The third-order valence-corrected chi connectivity index (χ3v) is 8.27. The van der Waals surface area contributed by atoms with E-state index in [4.69, 9.17) is 29.0 Å². The quantitative estimate of drug-likeness (QED) is 0.241. The molecule has 2 aliphatic rings. The Bertz CT molecular complexity index is 1410. The van der Waals surface area contributed by atoms with Gasteiger partial charge in [-0.3, -0.25) is 13.9 Å². The summed E-state index contributed by atoms with van der Waals surface area (Å²) < 4.78 is 44.6. The highest BCUT2D eigenvalue weighted by atomic mass is 31.2. The van der Waals surface area contributed by atoms with Gasteiger partial charge in [-0.2, -0.15) is 5.09 Å². The predicted octanol–water partition coefficient (Wildman–Crippen LogP) is 1.96. The van der Waals surface area contributed by atoms with Crippen molar-refractivity contribution in [1.29, 1.82) is 0 Å². The molecule has 2 fully saturated rings. The number of aliphatic hydroxyl groups is 1. The molecule has 1 aromatic carbocycles. The van der Waals surface area contributed by atoms with Crippen molar-refractivity contribution in [2.75, 3.05) is 18.9 Å². The van der Waals surface area contributed by atoms with Crippen LogP contribution in [0, 0.1) is 0 Å². The second kappa shape index (κ2) is 10.1. The van der Waals surface area contributed by atoms with Gasteiger partial charge in [-0.15, -0.1) is 0 Å². The first-order valence-electron chi connectivity index (χ1n) is 12.4. The molecule has 2 aromatic heterocycles. The van der Waals surface area contributed by atoms with Crippen molar-refractivity contribution >= 4 is 30.7 Å². The van der Waals surface area contributed by atoms with E-state index in [1.807, 2.05) is 0 Å². The van der Waals surface area contributed by atoms with Gasteiger partial charge in [0.1, 0.15) is 40.9 Å². The van der Waals surface area contributed by atoms with Crippen molar-refractivity contribution in [1.82, 2.24) is 24.6 Å². The number of ether oxygens (including phenoxy) is 3. The van der Waals surface area contributed by atoms with Crippen molar-refractivity contribution in [3.05, 3.63) is 43.0 Å². The van der Waals surface area contributed by atoms with Gasteiger partial charge in [0, 0.05) is 0 Å². The molecule has 6 atom stereocenters. The summed E-state index contributed by atoms with van der Waals surface area (Å²) >= 11 is 0. The molecule has 39 heavy (non-hydrogen) atoms. The van der Waals surface area contributed by atoms with Crippen molar-refractivity contribution in [3.63, 3.8) is 0 Å². The third kappa shape index (κ3) is 4.99. The first kappa shape index (κ1) is 27.4. The number of carbonyl (C=O) groups excluding carboxylic acids is 1. The fraction of sp³-hybridized carbons (Fsp3) is 0.500. The molecule has 5 rings (SSSR count). The number of rotatable bonds is 10. The largest absolute Gasteiger partial charge is 0.462 e. The van der Waals surface area contributed by atoms with Gasteiger partial charge in [0.25, 0.3) is 0 Å². The molecular weight excluding hydrogens is 531 g/mol. The summed E-state index contributed by atoms with van der Waals surface area (Å²) in [6, 6.07) is 7.32. The van der Waals surface area contributed by atoms with Crippen LogP contribution in [0.5, 0.6) is 5.75 Å². The summed E-state index contributed by atoms with van der Waals surface area (Å²) in [6.45, 7) is 6.13. The first-order valence-corrected chi connectivity index (χ1v) is 13.9. The highest BCUT2D eigenvalue weighted by Gasteiger charge is 2.69. The van der Waals surface area contributed by atoms with Crippen LogP contribution in [0.2, 0.25) is 0 Å². The number of nitrogens with zero attached hydrogens (tertiary/aromatic N) is 4. The number of nitrogens with one attached hydrogen (secondary N) is 1. The summed E-state index contributed by atoms with van der Waals surface area (Å²) in [5.74, 6) is -0.191. The summed E-state index contributed by atoms with van der Waals surface area (Å²) in [7, 11) is -4.21. The van der Waals surface area contributed by atoms with Crippen LogP contribution < -0.4 is 15.3 Å². The number of esters is 1. The third-order valence-electron chi connectivity index (χ3n) is 6.65. The fourth-order valence-electron chi connectivity index (χ4n) is 4.66. The van der Waals surface area contributed by atoms with Crippen molar-refractivity contribution in [3.8, 4) is 5.75 Å². The van der Waals surface area contributed by atoms with Gasteiger partial charge in [0.15, 0.2) is 17.7 Å². The zero-order valence-corrected chi connectivity index (χ0v) is 22.8. The van der Waals surface area contributed by atoms with E-state index in [0.29, 0.717) is 11.2 Å². The van der Waals surface area contributed by atoms with Gasteiger partial charge in [-0.25, -0.2) is 19.5 Å². The van der Waals surface area contributed by atoms with Crippen LogP contribution in [0.1, 0.15) is 33.9 Å². The molecular formula is C24H31N6O8P. The Kier molecular flexibility index (Phi) is 7.12. The molecule has 2 bridgehead atoms. The van der Waals surface area contributed by atoms with Crippen LogP contribution in [0.4, 0.5) is 5.82 Å². The first-order chi connectivity index (χ1) is 18.5. The van der Waals surface area contributed by atoms with Gasteiger partial charge in [0.2, 0.25) is 0 Å². The number of anilines is 1. The van der Waals surface area contributed by atoms with E-state index in [9.17, 15) is 14.5 Å². The lowest BCUT2D eigenvalue weighted by Gasteiger charge is -2.34. The Labute approximate surface area is 224 Å². The molecule has 0 spiro atoms. The number of nitrogen functional groups attached to an aromatic ring is 1. The number of nitrogens with two attached hydrogens (primary N) is 1. The smallest absolute Gasteiger partial charge is 0.459 e. The van der Waals surface area contributed by atoms with E-state index < -0.39 is 49.9 Å². The van der Waals surface area contributed by atoms with Crippen molar-refractivity contribution in [2.45, 2.75) is 63.4 Å². The molecule has 2 saturated heterocycles. The number of para-hydroxylation sites is 1. The van der Waals surface area contributed by atoms with Gasteiger partial charge < -0.3 is 29.6 Å². The molecule has 3 aromatic rings. The Morgan fingerprint density at radius 3 is 2.74 bits per heavy atom. The SMILES string of the molecule is CC(C)OC(=O)[C@@H](C)NP(=O)(OC[C@]12CO[C@](C)([C@@H]1O)[C@H](n1cnc3c(N)ncnc31)O2)Oc1ccccc1. The van der Waals surface area contributed by atoms with Crippen molar-refractivity contribution < 1.29 is 37.7 Å². The van der Waals surface area contributed by atoms with E-state index in [-0.39, 0.29) is 24.3 Å². The second-order valence-electron chi connectivity index (χ2n) is 10.0. The number of benzene rings is 1. The monoisotopic (exact) mass is 562 g/mol. The molecule has 0 aliphatic carbocycles. The zero-order chi connectivity index (χ0) is 28.0. The highest BCUT2D eigenvalue weighted by molar-refractivity contribution is 7.52. The van der Waals surface area contributed by atoms with Gasteiger partial charge in [0.05, 0.1) is 25.6 Å². The van der Waals surface area contributed by atoms with E-state index in [1.165, 1.54) is 19.6 Å². The normalized spacial score (nSPS) is 28.5. The predicted molar refractivity (Wildman–Crippen MR) is 137 cm³/mol. The molecule has 1 unspecified atom stereocenters. The minimum absolute atomic E-state index is 0.0544. The zero-order valence-electron chi connectivity index (χ0n) is 21.9. The number of hydrogen-bond acceptors (Lipinski definition) is 12. The molecule has 4 heterocycles. The van der Waals surface area contributed by atoms with E-state index in [1.54, 1.807) is 55.7 Å². The van der Waals surface area contributed by atoms with Gasteiger partial charge in [-0.1, -0.05) is 18.2 Å². The number of imidazole rings is 1. The molecule has 2 aliphatic heterocycles. The fourth-order valence-corrected chi connectivity index (χ4v) is 6.21. The maximum absolute atomic E-state index is 13.9. The lowest BCUT2D eigenvalue weighted by atomic mass is 9.92. The van der Waals surface area contributed by atoms with Gasteiger partial charge >= 0.3 is 13.7 Å². The molecule has 210 valence electrons. The average Bonchev–Trinajstić information content (AvgIpc) is 3.49. The molecule has 4 N–H and O–H groups in total. The Morgan fingerprint density at radius 2 is 2.03 bits per heavy atom. The van der Waals surface area contributed by atoms with Crippen LogP contribution in [-0.2, 0) is 28.1 Å². The molecule has 0 saturated carbocycles. The summed E-state index contributed by atoms with van der Waals surface area (Å²) in [5.41, 5.74) is 4.05. The van der Waals surface area contributed by atoms with Crippen LogP contribution in [-0.4, -0.2) is 73.3 Å². The Hall–Kier alpha value is -3.13. The summed E-state index contributed by atoms with van der Waals surface area (Å²) in [6.07, 6.45) is 0.342. The van der Waals surface area contributed by atoms with Crippen molar-refractivity contribution in [2.24, 2.45) is 0 Å². The topological polar surface area (TPSA) is 182 Å². The standard InChI is InChI=1S/C24H31N6O8P/c1-14(2)36-20(31)15(3)29-39(33,38-16-8-6-5-7-9-16)35-11-24-10-34-23(4,21(24)32)22(37-24)30-13-28-17-18(25)26-12-27-19(17)30/h5-9,12-15,21-22,32H,10-11H2,1-4H3,(H,29,33)(H2,25,26,27)/t15-,21+,22-,23-,24-,39?/m1/s1. The minimum Gasteiger partial charge on any atom is -0.462 e. The van der Waals surface area contributed by atoms with Crippen LogP contribution in [0.15, 0.2) is 43.0 Å². The number of aliphatic hydroxyl groups excluding tert-OH is 1. The lowest BCUT2D eigenvalue weighted by molar-refractivity contribution is -0.209. The molecule has 0 radical (unpaired) electrons. The molecule has 0 amide bonds. The van der Waals surface area contributed by atoms with Crippen LogP contribution in [0.25, 0.3) is 11.2 Å². The highest BCUT2D eigenvalue weighted by Crippen LogP contribution is 2.55. The molecule has 14 nitrogen and oxygen atoms in total. The van der Waals surface area contributed by atoms with Crippen LogP contribution in [0.3, 0.4) is 0 Å². The maximum atomic E-state index is 13.9. The van der Waals surface area contributed by atoms with E-state index in [0.717, 1.165) is 0 Å².